The van der Waals surface area contributed by atoms with Crippen LogP contribution in [0.25, 0.3) is 0 Å². The lowest BCUT2D eigenvalue weighted by Gasteiger charge is -2.22. The van der Waals surface area contributed by atoms with Crippen molar-refractivity contribution in [1.29, 1.82) is 0 Å². The molecule has 7 heteroatoms. The number of fused-ring (bicyclic) bond motifs is 1. The number of hydrogen-bond donors (Lipinski definition) is 2. The van der Waals surface area contributed by atoms with Crippen LogP contribution in [0, 0.1) is 5.92 Å². The summed E-state index contributed by atoms with van der Waals surface area (Å²) in [7, 11) is 0. The first-order chi connectivity index (χ1) is 12.6. The van der Waals surface area contributed by atoms with Crippen molar-refractivity contribution in [3.8, 4) is 0 Å². The molecule has 6 nitrogen and oxygen atoms in total. The molecule has 3 atom stereocenters. The Morgan fingerprint density at radius 1 is 1.35 bits per heavy atom. The molecule has 0 spiro atoms. The zero-order chi connectivity index (χ0) is 18.1. The number of nitrogens with one attached hydrogen (secondary N) is 2. The highest BCUT2D eigenvalue weighted by Gasteiger charge is 2.34. The third kappa shape index (κ3) is 3.46. The van der Waals surface area contributed by atoms with Crippen LogP contribution in [-0.4, -0.2) is 41.9 Å². The highest BCUT2D eigenvalue weighted by Crippen LogP contribution is 2.34. The lowest BCUT2D eigenvalue weighted by atomic mass is 9.93. The second-order valence-electron chi connectivity index (χ2n) is 7.48. The van der Waals surface area contributed by atoms with Gasteiger partial charge in [-0.2, -0.15) is 0 Å². The Bertz CT molecular complexity index is 720. The van der Waals surface area contributed by atoms with Crippen molar-refractivity contribution in [3.63, 3.8) is 0 Å². The van der Waals surface area contributed by atoms with E-state index in [1.807, 2.05) is 19.9 Å². The molecule has 3 heterocycles. The first kappa shape index (κ1) is 17.4. The summed E-state index contributed by atoms with van der Waals surface area (Å²) < 4.78 is 18.8. The summed E-state index contributed by atoms with van der Waals surface area (Å²) in [5.74, 6) is 1.91. The zero-order valence-electron chi connectivity index (χ0n) is 15.3. The first-order valence-corrected chi connectivity index (χ1v) is 9.36. The Kier molecular flexibility index (Phi) is 4.91. The molecule has 4 rings (SSSR count). The Labute approximate surface area is 153 Å². The number of halogens is 1. The SMILES string of the molecule is CC(C)OC1=CC[C@H]2NN[C@@H](c3cc(N4CCC(CF)C4)ncn3)C2=C1. The Morgan fingerprint density at radius 2 is 2.23 bits per heavy atom. The number of aromatic nitrogens is 2. The van der Waals surface area contributed by atoms with E-state index in [0.717, 1.165) is 43.2 Å². The van der Waals surface area contributed by atoms with Crippen molar-refractivity contribution in [3.05, 3.63) is 41.6 Å². The van der Waals surface area contributed by atoms with E-state index in [4.69, 9.17) is 4.74 Å². The van der Waals surface area contributed by atoms with Gasteiger partial charge in [0.05, 0.1) is 24.5 Å². The van der Waals surface area contributed by atoms with E-state index in [0.29, 0.717) is 0 Å². The fourth-order valence-corrected chi connectivity index (χ4v) is 3.85. The maximum atomic E-state index is 12.9. The maximum Gasteiger partial charge on any atom is 0.132 e. The molecule has 0 amide bonds. The molecule has 140 valence electrons. The van der Waals surface area contributed by atoms with Crippen LogP contribution in [0.4, 0.5) is 10.2 Å². The first-order valence-electron chi connectivity index (χ1n) is 9.36. The molecule has 1 aromatic rings. The Balaban J connectivity index is 1.55. The van der Waals surface area contributed by atoms with Crippen LogP contribution >= 0.6 is 0 Å². The molecule has 1 aliphatic carbocycles. The van der Waals surface area contributed by atoms with Crippen molar-refractivity contribution in [1.82, 2.24) is 20.8 Å². The molecule has 1 unspecified atom stereocenters. The summed E-state index contributed by atoms with van der Waals surface area (Å²) in [4.78, 5) is 11.1. The number of allylic oxidation sites excluding steroid dienone is 1. The third-order valence-electron chi connectivity index (χ3n) is 5.17. The van der Waals surface area contributed by atoms with Gasteiger partial charge >= 0.3 is 0 Å². The molecule has 1 aromatic heterocycles. The van der Waals surface area contributed by atoms with Gasteiger partial charge in [0, 0.05) is 31.1 Å². The summed E-state index contributed by atoms with van der Waals surface area (Å²) in [5.41, 5.74) is 8.85. The molecule has 3 aliphatic rings. The highest BCUT2D eigenvalue weighted by molar-refractivity contribution is 5.44. The zero-order valence-corrected chi connectivity index (χ0v) is 15.3. The quantitative estimate of drug-likeness (QED) is 0.842. The maximum absolute atomic E-state index is 12.9. The standard InChI is InChI=1S/C19H26FN5O/c1-12(2)26-14-3-4-16-15(7-14)19(24-23-16)17-8-18(22-11-21-17)25-6-5-13(9-20)10-25/h3,7-8,11-13,16,19,23-24H,4-6,9-10H2,1-2H3/t13?,16-,19-/m1/s1. The molecule has 0 bridgehead atoms. The van der Waals surface area contributed by atoms with E-state index in [2.05, 4.69) is 37.9 Å². The van der Waals surface area contributed by atoms with Gasteiger partial charge < -0.3 is 9.64 Å². The number of anilines is 1. The van der Waals surface area contributed by atoms with Crippen molar-refractivity contribution in [2.45, 2.75) is 44.9 Å². The Hall–Kier alpha value is -1.99. The second-order valence-corrected chi connectivity index (χ2v) is 7.48. The number of ether oxygens (including phenoxy) is 1. The minimum Gasteiger partial charge on any atom is -0.491 e. The van der Waals surface area contributed by atoms with Gasteiger partial charge in [-0.05, 0) is 44.4 Å². The molecule has 2 N–H and O–H groups in total. The van der Waals surface area contributed by atoms with Crippen LogP contribution in [-0.2, 0) is 4.74 Å². The van der Waals surface area contributed by atoms with Gasteiger partial charge in [-0.1, -0.05) is 0 Å². The molecule has 0 aromatic carbocycles. The van der Waals surface area contributed by atoms with E-state index in [1.54, 1.807) is 6.33 Å². The van der Waals surface area contributed by atoms with Crippen LogP contribution in [0.2, 0.25) is 0 Å². The number of alkyl halides is 1. The van der Waals surface area contributed by atoms with Crippen molar-refractivity contribution in [2.75, 3.05) is 24.7 Å². The lowest BCUT2D eigenvalue weighted by molar-refractivity contribution is 0.155. The summed E-state index contributed by atoms with van der Waals surface area (Å²) in [6, 6.07) is 2.26. The van der Waals surface area contributed by atoms with E-state index in [9.17, 15) is 4.39 Å². The molecule has 0 radical (unpaired) electrons. The molecule has 0 saturated carbocycles. The number of rotatable bonds is 5. The van der Waals surface area contributed by atoms with Gasteiger partial charge in [0.15, 0.2) is 0 Å². The second kappa shape index (κ2) is 7.32. The van der Waals surface area contributed by atoms with Crippen molar-refractivity contribution < 1.29 is 9.13 Å². The molecule has 2 saturated heterocycles. The molecular formula is C19H26FN5O. The highest BCUT2D eigenvalue weighted by atomic mass is 19.1. The van der Waals surface area contributed by atoms with Gasteiger partial charge in [0.25, 0.3) is 0 Å². The van der Waals surface area contributed by atoms with Gasteiger partial charge in [-0.25, -0.2) is 20.8 Å². The summed E-state index contributed by atoms with van der Waals surface area (Å²) in [6.07, 6.45) is 7.76. The molecule has 2 aliphatic heterocycles. The third-order valence-corrected chi connectivity index (χ3v) is 5.17. The van der Waals surface area contributed by atoms with Gasteiger partial charge in [-0.15, -0.1) is 0 Å². The number of hydrogen-bond acceptors (Lipinski definition) is 6. The van der Waals surface area contributed by atoms with E-state index >= 15 is 0 Å². The van der Waals surface area contributed by atoms with Crippen LogP contribution in [0.15, 0.2) is 35.9 Å². The number of hydrazine groups is 1. The summed E-state index contributed by atoms with van der Waals surface area (Å²) in [5, 5.41) is 0. The van der Waals surface area contributed by atoms with E-state index in [-0.39, 0.29) is 30.8 Å². The van der Waals surface area contributed by atoms with Gasteiger partial charge in [-0.3, -0.25) is 4.39 Å². The molecule has 2 fully saturated rings. The van der Waals surface area contributed by atoms with E-state index < -0.39 is 0 Å². The number of nitrogens with zero attached hydrogens (tertiary/aromatic N) is 3. The summed E-state index contributed by atoms with van der Waals surface area (Å²) in [6.45, 7) is 5.38. The average molecular weight is 359 g/mol. The van der Waals surface area contributed by atoms with Gasteiger partial charge in [0.2, 0.25) is 0 Å². The smallest absolute Gasteiger partial charge is 0.132 e. The predicted molar refractivity (Wildman–Crippen MR) is 98.1 cm³/mol. The monoisotopic (exact) mass is 359 g/mol. The van der Waals surface area contributed by atoms with Crippen molar-refractivity contribution in [2.24, 2.45) is 5.92 Å². The molecule has 26 heavy (non-hydrogen) atoms. The van der Waals surface area contributed by atoms with Crippen LogP contribution in [0.5, 0.6) is 0 Å². The lowest BCUT2D eigenvalue weighted by Crippen LogP contribution is -2.31. The van der Waals surface area contributed by atoms with Crippen LogP contribution < -0.4 is 15.8 Å². The van der Waals surface area contributed by atoms with Crippen molar-refractivity contribution >= 4 is 5.82 Å². The van der Waals surface area contributed by atoms with Crippen LogP contribution in [0.1, 0.15) is 38.4 Å². The summed E-state index contributed by atoms with van der Waals surface area (Å²) >= 11 is 0. The normalized spacial score (nSPS) is 28.2. The van der Waals surface area contributed by atoms with Crippen LogP contribution in [0.3, 0.4) is 0 Å². The predicted octanol–water partition coefficient (Wildman–Crippen LogP) is 2.43. The fourth-order valence-electron chi connectivity index (χ4n) is 3.85. The molecular weight excluding hydrogens is 333 g/mol. The average Bonchev–Trinajstić information content (AvgIpc) is 3.28. The minimum absolute atomic E-state index is 0.0132. The Morgan fingerprint density at radius 3 is 3.00 bits per heavy atom. The van der Waals surface area contributed by atoms with E-state index in [1.165, 1.54) is 5.57 Å². The minimum atomic E-state index is -0.262. The topological polar surface area (TPSA) is 62.3 Å². The fraction of sp³-hybridized carbons (Fsp3) is 0.579. The largest absolute Gasteiger partial charge is 0.491 e. The van der Waals surface area contributed by atoms with Gasteiger partial charge in [0.1, 0.15) is 17.9 Å².